The van der Waals surface area contributed by atoms with Crippen LogP contribution in [0.2, 0.25) is 18.1 Å². The third-order valence-corrected chi connectivity index (χ3v) is 11.0. The summed E-state index contributed by atoms with van der Waals surface area (Å²) in [5.74, 6) is 0.633. The summed E-state index contributed by atoms with van der Waals surface area (Å²) < 4.78 is 7.88. The largest absolute Gasteiger partial charge is 0.413 e. The molecule has 0 aliphatic carbocycles. The molecule has 0 aliphatic rings. The maximum absolute atomic E-state index is 13.5. The SMILES string of the molecule is CC(C)(C)[Si](C)(C)OC/C=C/c1cn(-c2ccc(-c3ncccn3)cc2)c(=O)c(-c2ccncc2)n1. The molecule has 0 aliphatic heterocycles. The number of rotatable bonds is 7. The van der Waals surface area contributed by atoms with Crippen molar-refractivity contribution in [1.29, 1.82) is 0 Å². The van der Waals surface area contributed by atoms with Gasteiger partial charge in [-0.25, -0.2) is 15.0 Å². The van der Waals surface area contributed by atoms with Gasteiger partial charge in [0.15, 0.2) is 14.1 Å². The second kappa shape index (κ2) is 10.5. The van der Waals surface area contributed by atoms with Gasteiger partial charge in [0.2, 0.25) is 0 Å². The summed E-state index contributed by atoms with van der Waals surface area (Å²) in [6.07, 6.45) is 12.3. The average Bonchev–Trinajstić information content (AvgIpc) is 2.88. The number of aromatic nitrogens is 5. The van der Waals surface area contributed by atoms with Gasteiger partial charge in [0.25, 0.3) is 5.56 Å². The molecule has 184 valence electrons. The Morgan fingerprint density at radius 2 is 1.61 bits per heavy atom. The van der Waals surface area contributed by atoms with Crippen molar-refractivity contribution in [2.45, 2.75) is 38.9 Å². The Morgan fingerprint density at radius 3 is 2.25 bits per heavy atom. The van der Waals surface area contributed by atoms with Crippen LogP contribution in [-0.2, 0) is 4.43 Å². The molecule has 0 radical (unpaired) electrons. The molecule has 8 heteroatoms. The van der Waals surface area contributed by atoms with Crippen LogP contribution in [0.5, 0.6) is 0 Å². The minimum Gasteiger partial charge on any atom is -0.413 e. The van der Waals surface area contributed by atoms with Gasteiger partial charge in [0, 0.05) is 47.8 Å². The normalized spacial score (nSPS) is 12.2. The van der Waals surface area contributed by atoms with E-state index >= 15 is 0 Å². The molecule has 0 atom stereocenters. The van der Waals surface area contributed by atoms with Gasteiger partial charge >= 0.3 is 0 Å². The van der Waals surface area contributed by atoms with E-state index in [4.69, 9.17) is 4.43 Å². The standard InChI is InChI=1S/C28H31N5O2Si/c1-28(2,3)36(4,5)35-19-6-8-23-20-33(27(34)25(32-23)21-13-17-29-18-14-21)24-11-9-22(10-12-24)26-30-15-7-16-31-26/h6-18,20H,19H2,1-5H3/b8-6+. The molecule has 0 amide bonds. The molecule has 3 heterocycles. The first kappa shape index (κ1) is 25.3. The molecule has 0 fully saturated rings. The van der Waals surface area contributed by atoms with Crippen LogP contribution in [0.1, 0.15) is 26.5 Å². The molecule has 7 nitrogen and oxygen atoms in total. The van der Waals surface area contributed by atoms with E-state index in [9.17, 15) is 4.79 Å². The molecule has 0 N–H and O–H groups in total. The number of benzene rings is 1. The summed E-state index contributed by atoms with van der Waals surface area (Å²) in [6.45, 7) is 11.6. The Bertz CT molecular complexity index is 1390. The molecular formula is C28H31N5O2Si. The van der Waals surface area contributed by atoms with Crippen LogP contribution in [0.3, 0.4) is 0 Å². The smallest absolute Gasteiger partial charge is 0.281 e. The van der Waals surface area contributed by atoms with Crippen molar-refractivity contribution in [2.75, 3.05) is 6.61 Å². The van der Waals surface area contributed by atoms with E-state index in [2.05, 4.69) is 53.8 Å². The lowest BCUT2D eigenvalue weighted by molar-refractivity contribution is 0.328. The van der Waals surface area contributed by atoms with Gasteiger partial charge in [-0.1, -0.05) is 26.8 Å². The van der Waals surface area contributed by atoms with Crippen LogP contribution in [0, 0.1) is 0 Å². The quantitative estimate of drug-likeness (QED) is 0.301. The third kappa shape index (κ3) is 5.72. The molecule has 4 aromatic rings. The molecule has 0 unspecified atom stereocenters. The van der Waals surface area contributed by atoms with Gasteiger partial charge in [-0.15, -0.1) is 0 Å². The fraction of sp³-hybridized carbons (Fsp3) is 0.250. The molecular weight excluding hydrogens is 466 g/mol. The van der Waals surface area contributed by atoms with Crippen molar-refractivity contribution in [3.05, 3.63) is 95.6 Å². The van der Waals surface area contributed by atoms with E-state index in [1.165, 1.54) is 0 Å². The van der Waals surface area contributed by atoms with Crippen LogP contribution >= 0.6 is 0 Å². The number of hydrogen-bond donors (Lipinski definition) is 0. The second-order valence-electron chi connectivity index (χ2n) is 10.0. The number of pyridine rings is 1. The van der Waals surface area contributed by atoms with E-state index in [1.54, 1.807) is 53.8 Å². The first-order chi connectivity index (χ1) is 17.2. The van der Waals surface area contributed by atoms with Gasteiger partial charge in [-0.2, -0.15) is 0 Å². The van der Waals surface area contributed by atoms with Gasteiger partial charge < -0.3 is 4.43 Å². The van der Waals surface area contributed by atoms with Crippen LogP contribution in [-0.4, -0.2) is 39.4 Å². The van der Waals surface area contributed by atoms with Crippen molar-refractivity contribution >= 4 is 14.4 Å². The van der Waals surface area contributed by atoms with Crippen molar-refractivity contribution in [1.82, 2.24) is 24.5 Å². The second-order valence-corrected chi connectivity index (χ2v) is 14.8. The molecule has 0 bridgehead atoms. The zero-order chi connectivity index (χ0) is 25.8. The van der Waals surface area contributed by atoms with E-state index in [0.717, 1.165) is 11.3 Å². The van der Waals surface area contributed by atoms with Gasteiger partial charge in [0.1, 0.15) is 5.69 Å². The Kier molecular flexibility index (Phi) is 7.37. The molecule has 4 rings (SSSR count). The lowest BCUT2D eigenvalue weighted by Gasteiger charge is -2.35. The Labute approximate surface area is 212 Å². The fourth-order valence-electron chi connectivity index (χ4n) is 3.34. The zero-order valence-electron chi connectivity index (χ0n) is 21.3. The predicted molar refractivity (Wildman–Crippen MR) is 146 cm³/mol. The summed E-state index contributed by atoms with van der Waals surface area (Å²) in [7, 11) is -1.86. The monoisotopic (exact) mass is 497 g/mol. The highest BCUT2D eigenvalue weighted by molar-refractivity contribution is 6.74. The van der Waals surface area contributed by atoms with Gasteiger partial charge in [-0.05, 0) is 66.7 Å². The molecule has 36 heavy (non-hydrogen) atoms. The van der Waals surface area contributed by atoms with Gasteiger partial charge in [-0.3, -0.25) is 14.3 Å². The molecule has 3 aromatic heterocycles. The van der Waals surface area contributed by atoms with E-state index < -0.39 is 8.32 Å². The summed E-state index contributed by atoms with van der Waals surface area (Å²) in [5, 5.41) is 0.137. The maximum Gasteiger partial charge on any atom is 0.281 e. The van der Waals surface area contributed by atoms with Crippen LogP contribution in [0.25, 0.3) is 34.4 Å². The Hall–Kier alpha value is -3.75. The predicted octanol–water partition coefficient (Wildman–Crippen LogP) is 5.79. The van der Waals surface area contributed by atoms with E-state index in [-0.39, 0.29) is 10.6 Å². The zero-order valence-corrected chi connectivity index (χ0v) is 22.3. The summed E-state index contributed by atoms with van der Waals surface area (Å²) in [6, 6.07) is 12.9. The Morgan fingerprint density at radius 1 is 0.944 bits per heavy atom. The summed E-state index contributed by atoms with van der Waals surface area (Å²) >= 11 is 0. The highest BCUT2D eigenvalue weighted by atomic mass is 28.4. The fourth-order valence-corrected chi connectivity index (χ4v) is 4.29. The maximum atomic E-state index is 13.5. The lowest BCUT2D eigenvalue weighted by atomic mass is 10.1. The highest BCUT2D eigenvalue weighted by Gasteiger charge is 2.36. The first-order valence-corrected chi connectivity index (χ1v) is 14.8. The minimum atomic E-state index is -1.86. The Balaban J connectivity index is 1.69. The summed E-state index contributed by atoms with van der Waals surface area (Å²) in [4.78, 5) is 30.8. The lowest BCUT2D eigenvalue weighted by Crippen LogP contribution is -2.40. The van der Waals surface area contributed by atoms with Gasteiger partial charge in [0.05, 0.1) is 12.3 Å². The van der Waals surface area contributed by atoms with Crippen molar-refractivity contribution in [3.8, 4) is 28.3 Å². The third-order valence-electron chi connectivity index (χ3n) is 6.48. The topological polar surface area (TPSA) is 82.8 Å². The molecule has 0 saturated carbocycles. The van der Waals surface area contributed by atoms with E-state index in [1.807, 2.05) is 36.4 Å². The van der Waals surface area contributed by atoms with Crippen molar-refractivity contribution in [2.24, 2.45) is 0 Å². The van der Waals surface area contributed by atoms with Crippen LogP contribution < -0.4 is 5.56 Å². The number of nitrogens with zero attached hydrogens (tertiary/aromatic N) is 5. The molecule has 1 aromatic carbocycles. The van der Waals surface area contributed by atoms with Crippen LogP contribution in [0.15, 0.2) is 84.3 Å². The van der Waals surface area contributed by atoms with Crippen molar-refractivity contribution < 1.29 is 4.43 Å². The molecule has 0 spiro atoms. The first-order valence-electron chi connectivity index (χ1n) is 11.9. The average molecular weight is 498 g/mol. The highest BCUT2D eigenvalue weighted by Crippen LogP contribution is 2.36. The molecule has 0 saturated heterocycles. The van der Waals surface area contributed by atoms with Crippen molar-refractivity contribution in [3.63, 3.8) is 0 Å². The van der Waals surface area contributed by atoms with E-state index in [0.29, 0.717) is 29.4 Å². The van der Waals surface area contributed by atoms with Crippen LogP contribution in [0.4, 0.5) is 0 Å². The minimum absolute atomic E-state index is 0.137. The summed E-state index contributed by atoms with van der Waals surface area (Å²) in [5.41, 5.74) is 3.13. The number of hydrogen-bond acceptors (Lipinski definition) is 6.